The topological polar surface area (TPSA) is 157 Å². The molecule has 12 nitrogen and oxygen atoms in total. The molecular formula is C32H58F2N6O6S. The Morgan fingerprint density at radius 1 is 0.936 bits per heavy atom. The third-order valence-corrected chi connectivity index (χ3v) is 10.6. The molecule has 1 aliphatic carbocycles. The average Bonchev–Trinajstić information content (AvgIpc) is 3.18. The van der Waals surface area contributed by atoms with E-state index in [0.717, 1.165) is 10.6 Å². The molecule has 2 rings (SSSR count). The molecule has 0 spiro atoms. The highest BCUT2D eigenvalue weighted by molar-refractivity contribution is 7.88. The van der Waals surface area contributed by atoms with Gasteiger partial charge in [-0.05, 0) is 33.5 Å². The van der Waals surface area contributed by atoms with Crippen molar-refractivity contribution in [3.05, 3.63) is 0 Å². The first-order chi connectivity index (χ1) is 21.0. The highest BCUT2D eigenvalue weighted by atomic mass is 32.2. The summed E-state index contributed by atoms with van der Waals surface area (Å²) in [5.74, 6) is -2.23. The summed E-state index contributed by atoms with van der Waals surface area (Å²) in [6.45, 7) is 20.9. The molecule has 1 aliphatic heterocycles. The number of hydrogen-bond donors (Lipinski definition) is 4. The van der Waals surface area contributed by atoms with Crippen LogP contribution in [0.2, 0.25) is 0 Å². The van der Waals surface area contributed by atoms with E-state index in [2.05, 4.69) is 21.3 Å². The van der Waals surface area contributed by atoms with Crippen LogP contribution in [0.3, 0.4) is 0 Å². The van der Waals surface area contributed by atoms with Crippen molar-refractivity contribution in [2.24, 2.45) is 33.5 Å². The number of likely N-dealkylation sites (N-methyl/N-ethyl adjacent to an activating group) is 1. The normalized spacial score (nSPS) is 23.1. The number of nitrogens with zero attached hydrogens (tertiary/aromatic N) is 2. The van der Waals surface area contributed by atoms with Gasteiger partial charge in [0.15, 0.2) is 0 Å². The molecular weight excluding hydrogens is 634 g/mol. The van der Waals surface area contributed by atoms with Crippen LogP contribution in [-0.4, -0.2) is 105 Å². The van der Waals surface area contributed by atoms with Crippen LogP contribution in [0.4, 0.5) is 13.6 Å². The standard InChI is InChI=1S/C32H58F2N6O6S/c1-29(2,3)17-35-25(41)19(14-21(33)34)36-26(42)23-22-18(32(22,10)11)15-40(23)27(43)24(31(7,8)9)38-28(44)37-20(30(4,5)6)16-39(12)47(13,45)46/h18-24H,14-17H2,1-13H3,(H,35,41)(H,36,42)(H2,37,38,44)/t18-,19-,20+,22-,23-,24+/m0/s1. The zero-order valence-corrected chi connectivity index (χ0v) is 31.2. The zero-order valence-electron chi connectivity index (χ0n) is 30.4. The van der Waals surface area contributed by atoms with E-state index in [1.54, 1.807) is 20.8 Å². The molecule has 0 radical (unpaired) electrons. The van der Waals surface area contributed by atoms with E-state index < -0.39 is 81.6 Å². The summed E-state index contributed by atoms with van der Waals surface area (Å²) in [7, 11) is -2.11. The van der Waals surface area contributed by atoms with Crippen LogP contribution >= 0.6 is 0 Å². The zero-order chi connectivity index (χ0) is 36.7. The second-order valence-corrected chi connectivity index (χ2v) is 19.3. The van der Waals surface area contributed by atoms with E-state index in [1.807, 2.05) is 55.4 Å². The van der Waals surface area contributed by atoms with Gasteiger partial charge in [0.1, 0.15) is 18.1 Å². The highest BCUT2D eigenvalue weighted by Crippen LogP contribution is 2.65. The molecule has 2 aliphatic rings. The smallest absolute Gasteiger partial charge is 0.315 e. The number of hydrogen-bond acceptors (Lipinski definition) is 6. The summed E-state index contributed by atoms with van der Waals surface area (Å²) in [6.07, 6.45) is -2.66. The molecule has 47 heavy (non-hydrogen) atoms. The highest BCUT2D eigenvalue weighted by Gasteiger charge is 2.70. The van der Waals surface area contributed by atoms with Gasteiger partial charge in [-0.3, -0.25) is 14.4 Å². The molecule has 15 heteroatoms. The van der Waals surface area contributed by atoms with Crippen LogP contribution in [0.25, 0.3) is 0 Å². The van der Waals surface area contributed by atoms with Crippen LogP contribution in [0, 0.1) is 33.5 Å². The second-order valence-electron chi connectivity index (χ2n) is 17.2. The molecule has 5 amide bonds. The fraction of sp³-hybridized carbons (Fsp3) is 0.875. The van der Waals surface area contributed by atoms with Crippen LogP contribution < -0.4 is 21.3 Å². The number of rotatable bonds is 12. The van der Waals surface area contributed by atoms with E-state index in [1.165, 1.54) is 11.9 Å². The van der Waals surface area contributed by atoms with Crippen LogP contribution in [0.15, 0.2) is 0 Å². The van der Waals surface area contributed by atoms with Crippen molar-refractivity contribution in [3.63, 3.8) is 0 Å². The van der Waals surface area contributed by atoms with Gasteiger partial charge in [0.25, 0.3) is 0 Å². The van der Waals surface area contributed by atoms with Crippen molar-refractivity contribution in [1.82, 2.24) is 30.5 Å². The molecule has 1 saturated carbocycles. The minimum Gasteiger partial charge on any atom is -0.354 e. The Labute approximate surface area is 279 Å². The molecule has 272 valence electrons. The van der Waals surface area contributed by atoms with E-state index in [4.69, 9.17) is 0 Å². The number of amides is 5. The second kappa shape index (κ2) is 14.1. The minimum atomic E-state index is -3.52. The molecule has 2 fully saturated rings. The Bertz CT molecular complexity index is 1290. The number of carbonyl (C=O) groups is 4. The molecule has 4 N–H and O–H groups in total. The third kappa shape index (κ3) is 10.7. The Balaban J connectivity index is 2.33. The largest absolute Gasteiger partial charge is 0.354 e. The molecule has 0 unspecified atom stereocenters. The Morgan fingerprint density at radius 2 is 1.49 bits per heavy atom. The number of alkyl halides is 2. The lowest BCUT2D eigenvalue weighted by molar-refractivity contribution is -0.144. The minimum absolute atomic E-state index is 0.000188. The summed E-state index contributed by atoms with van der Waals surface area (Å²) in [5.41, 5.74) is -1.97. The predicted molar refractivity (Wildman–Crippen MR) is 177 cm³/mol. The van der Waals surface area contributed by atoms with Gasteiger partial charge in [-0.25, -0.2) is 26.3 Å². The number of carbonyl (C=O) groups excluding carboxylic acids is 4. The van der Waals surface area contributed by atoms with Gasteiger partial charge in [-0.2, -0.15) is 0 Å². The lowest BCUT2D eigenvalue weighted by Crippen LogP contribution is -2.63. The van der Waals surface area contributed by atoms with E-state index in [9.17, 15) is 36.4 Å². The molecule has 0 bridgehead atoms. The lowest BCUT2D eigenvalue weighted by atomic mass is 9.85. The summed E-state index contributed by atoms with van der Waals surface area (Å²) >= 11 is 0. The fourth-order valence-electron chi connectivity index (χ4n) is 6.03. The van der Waals surface area contributed by atoms with Crippen molar-refractivity contribution in [2.75, 3.05) is 32.9 Å². The maximum atomic E-state index is 14.2. The molecule has 6 atom stereocenters. The van der Waals surface area contributed by atoms with Gasteiger partial charge in [0.2, 0.25) is 34.2 Å². The van der Waals surface area contributed by atoms with E-state index in [0.29, 0.717) is 0 Å². The quantitative estimate of drug-likeness (QED) is 0.247. The summed E-state index contributed by atoms with van der Waals surface area (Å²) in [6, 6.07) is -4.92. The lowest BCUT2D eigenvalue weighted by Gasteiger charge is -2.39. The SMILES string of the molecule is CN(C[C@@H](NC(=O)N[C@H](C(=O)N1C[C@H]2[C@@H]([C@H]1C(=O)N[C@@H](CC(F)F)C(=O)NCC(C)(C)C)C2(C)C)C(C)(C)C)C(C)(C)C)S(C)(=O)=O. The molecule has 1 heterocycles. The van der Waals surface area contributed by atoms with Crippen molar-refractivity contribution >= 4 is 33.8 Å². The molecule has 1 saturated heterocycles. The first kappa shape index (κ1) is 40.6. The van der Waals surface area contributed by atoms with Crippen LogP contribution in [0.1, 0.15) is 82.6 Å². The van der Waals surface area contributed by atoms with Crippen LogP contribution in [0.5, 0.6) is 0 Å². The number of halogens is 2. The Hall–Kier alpha value is -2.55. The van der Waals surface area contributed by atoms with Crippen LogP contribution in [-0.2, 0) is 24.4 Å². The maximum Gasteiger partial charge on any atom is 0.315 e. The van der Waals surface area contributed by atoms with Crippen molar-refractivity contribution in [2.45, 2.75) is 113 Å². The predicted octanol–water partition coefficient (Wildman–Crippen LogP) is 2.79. The Kier molecular flexibility index (Phi) is 12.2. The number of nitrogens with one attached hydrogen (secondary N) is 4. The van der Waals surface area contributed by atoms with Crippen molar-refractivity contribution in [3.8, 4) is 0 Å². The number of urea groups is 1. The summed E-state index contributed by atoms with van der Waals surface area (Å²) in [5, 5.41) is 10.8. The molecule has 0 aromatic carbocycles. The summed E-state index contributed by atoms with van der Waals surface area (Å²) in [4.78, 5) is 55.8. The van der Waals surface area contributed by atoms with E-state index in [-0.39, 0.29) is 42.3 Å². The van der Waals surface area contributed by atoms with Gasteiger partial charge in [-0.1, -0.05) is 76.2 Å². The fourth-order valence-corrected chi connectivity index (χ4v) is 6.45. The number of sulfonamides is 1. The van der Waals surface area contributed by atoms with Gasteiger partial charge >= 0.3 is 6.03 Å². The van der Waals surface area contributed by atoms with Crippen molar-refractivity contribution in [1.29, 1.82) is 0 Å². The van der Waals surface area contributed by atoms with Gasteiger partial charge in [0.05, 0.1) is 6.26 Å². The number of likely N-dealkylation sites (tertiary alicyclic amines) is 1. The number of piperidine rings is 1. The maximum absolute atomic E-state index is 14.2. The third-order valence-electron chi connectivity index (χ3n) is 9.34. The monoisotopic (exact) mass is 692 g/mol. The average molecular weight is 693 g/mol. The van der Waals surface area contributed by atoms with Gasteiger partial charge in [-0.15, -0.1) is 0 Å². The summed E-state index contributed by atoms with van der Waals surface area (Å²) < 4.78 is 52.4. The first-order valence-corrected chi connectivity index (χ1v) is 18.0. The molecule has 0 aromatic rings. The van der Waals surface area contributed by atoms with Gasteiger partial charge < -0.3 is 26.2 Å². The van der Waals surface area contributed by atoms with Crippen molar-refractivity contribution < 1.29 is 36.4 Å². The molecule has 0 aromatic heterocycles. The number of fused-ring (bicyclic) bond motifs is 1. The first-order valence-electron chi connectivity index (χ1n) is 16.1. The Morgan fingerprint density at radius 3 is 1.94 bits per heavy atom. The van der Waals surface area contributed by atoms with Gasteiger partial charge in [0, 0.05) is 39.1 Å². The van der Waals surface area contributed by atoms with E-state index >= 15 is 0 Å².